The van der Waals surface area contributed by atoms with E-state index in [1.165, 1.54) is 25.7 Å². The van der Waals surface area contributed by atoms with E-state index in [2.05, 4.69) is 11.2 Å². The lowest BCUT2D eigenvalue weighted by atomic mass is 10.1. The molecule has 0 aliphatic heterocycles. The Kier molecular flexibility index (Phi) is 2.72. The maximum Gasteiger partial charge on any atom is 0.325 e. The predicted molar refractivity (Wildman–Crippen MR) is 59.8 cm³/mol. The van der Waals surface area contributed by atoms with Gasteiger partial charge in [-0.1, -0.05) is 12.8 Å². The normalized spacial score (nSPS) is 20.1. The molecule has 1 aromatic heterocycles. The summed E-state index contributed by atoms with van der Waals surface area (Å²) < 4.78 is 2.10. The molecule has 78 valence electrons. The minimum absolute atomic E-state index is 0.0188. The first-order valence-corrected chi connectivity index (χ1v) is 6.27. The molecule has 0 spiro atoms. The van der Waals surface area contributed by atoms with Crippen molar-refractivity contribution in [2.75, 3.05) is 6.26 Å². The number of H-pyrrole nitrogens is 1. The van der Waals surface area contributed by atoms with Crippen molar-refractivity contribution in [2.45, 2.75) is 37.0 Å². The molecule has 1 aromatic rings. The molecule has 4 heteroatoms. The van der Waals surface area contributed by atoms with Gasteiger partial charge in [0.15, 0.2) is 0 Å². The average Bonchev–Trinajstić information content (AvgIpc) is 2.79. The lowest BCUT2D eigenvalue weighted by Crippen LogP contribution is -2.31. The number of nitrogens with one attached hydrogen (secondary N) is 1. The second-order valence-corrected chi connectivity index (χ2v) is 5.26. The molecule has 1 saturated carbocycles. The second-order valence-electron chi connectivity index (χ2n) is 3.99. The zero-order chi connectivity index (χ0) is 10.0. The largest absolute Gasteiger partial charge is 0.325 e. The predicted octanol–water partition coefficient (Wildman–Crippen LogP) is 1.85. The molecule has 1 aliphatic rings. The average molecular weight is 212 g/mol. The van der Waals surface area contributed by atoms with Gasteiger partial charge in [-0.15, -0.1) is 0 Å². The Morgan fingerprint density at radius 1 is 1.57 bits per heavy atom. The summed E-state index contributed by atoms with van der Waals surface area (Å²) in [5, 5.41) is 0. The Labute approximate surface area is 87.9 Å². The molecule has 0 radical (unpaired) electrons. The highest BCUT2D eigenvalue weighted by molar-refractivity contribution is 8.00. The highest BCUT2D eigenvalue weighted by atomic mass is 32.2. The summed E-state index contributed by atoms with van der Waals surface area (Å²) in [7, 11) is 0. The quantitative estimate of drug-likeness (QED) is 0.830. The first kappa shape index (κ1) is 9.90. The van der Waals surface area contributed by atoms with Crippen LogP contribution in [-0.2, 0) is 6.54 Å². The molecule has 1 aliphatic carbocycles. The third kappa shape index (κ3) is 1.75. The van der Waals surface area contributed by atoms with E-state index in [4.69, 9.17) is 0 Å². The van der Waals surface area contributed by atoms with Gasteiger partial charge in [0.25, 0.3) is 0 Å². The topological polar surface area (TPSA) is 37.8 Å². The van der Waals surface area contributed by atoms with Gasteiger partial charge in [0.05, 0.1) is 0 Å². The summed E-state index contributed by atoms with van der Waals surface area (Å²) in [4.78, 5) is 14.0. The van der Waals surface area contributed by atoms with Crippen LogP contribution in [-0.4, -0.2) is 20.6 Å². The van der Waals surface area contributed by atoms with E-state index in [1.54, 1.807) is 10.8 Å². The van der Waals surface area contributed by atoms with Crippen LogP contribution in [0.3, 0.4) is 0 Å². The van der Waals surface area contributed by atoms with E-state index in [0.717, 1.165) is 6.54 Å². The van der Waals surface area contributed by atoms with Crippen LogP contribution in [0, 0.1) is 0 Å². The molecule has 1 N–H and O–H groups in total. The molecule has 0 amide bonds. The minimum Gasteiger partial charge on any atom is -0.313 e. The highest BCUT2D eigenvalue weighted by Crippen LogP contribution is 2.41. The van der Waals surface area contributed by atoms with Crippen molar-refractivity contribution in [3.63, 3.8) is 0 Å². The number of aromatic nitrogens is 2. The Morgan fingerprint density at radius 3 is 2.79 bits per heavy atom. The molecule has 0 bridgehead atoms. The molecule has 0 aromatic carbocycles. The van der Waals surface area contributed by atoms with Gasteiger partial charge in [0.2, 0.25) is 0 Å². The van der Waals surface area contributed by atoms with Crippen LogP contribution >= 0.6 is 11.8 Å². The lowest BCUT2D eigenvalue weighted by Gasteiger charge is -2.26. The van der Waals surface area contributed by atoms with Gasteiger partial charge in [0.1, 0.15) is 0 Å². The van der Waals surface area contributed by atoms with Crippen molar-refractivity contribution in [1.82, 2.24) is 9.55 Å². The van der Waals surface area contributed by atoms with Crippen LogP contribution in [0.1, 0.15) is 25.7 Å². The summed E-state index contributed by atoms with van der Waals surface area (Å²) in [6, 6.07) is 0. The molecule has 14 heavy (non-hydrogen) atoms. The molecule has 1 heterocycles. The van der Waals surface area contributed by atoms with Crippen molar-refractivity contribution < 1.29 is 0 Å². The van der Waals surface area contributed by atoms with Crippen LogP contribution in [0.5, 0.6) is 0 Å². The smallest absolute Gasteiger partial charge is 0.313 e. The number of aromatic amines is 1. The van der Waals surface area contributed by atoms with Crippen LogP contribution in [0.25, 0.3) is 0 Å². The lowest BCUT2D eigenvalue weighted by molar-refractivity contribution is 0.496. The van der Waals surface area contributed by atoms with E-state index in [1.807, 2.05) is 18.0 Å². The first-order valence-electron chi connectivity index (χ1n) is 5.05. The van der Waals surface area contributed by atoms with E-state index in [0.29, 0.717) is 4.75 Å². The van der Waals surface area contributed by atoms with Gasteiger partial charge in [-0.3, -0.25) is 4.57 Å². The highest BCUT2D eigenvalue weighted by Gasteiger charge is 2.33. The SMILES string of the molecule is CSC1(Cn2cc[nH]c2=O)CCCC1. The number of rotatable bonds is 3. The van der Waals surface area contributed by atoms with E-state index in [9.17, 15) is 4.79 Å². The van der Waals surface area contributed by atoms with E-state index in [-0.39, 0.29) is 5.69 Å². The van der Waals surface area contributed by atoms with Crippen LogP contribution in [0.4, 0.5) is 0 Å². The standard InChI is InChI=1S/C10H16N2OS/c1-14-10(4-2-3-5-10)8-12-7-6-11-9(12)13/h6-7H,2-5,8H2,1H3,(H,11,13). The zero-order valence-electron chi connectivity index (χ0n) is 8.45. The van der Waals surface area contributed by atoms with Gasteiger partial charge < -0.3 is 4.98 Å². The number of nitrogens with zero attached hydrogens (tertiary/aromatic N) is 1. The number of hydrogen-bond acceptors (Lipinski definition) is 2. The van der Waals surface area contributed by atoms with Crippen LogP contribution in [0.15, 0.2) is 17.2 Å². The maximum absolute atomic E-state index is 11.4. The number of thioether (sulfide) groups is 1. The van der Waals surface area contributed by atoms with E-state index >= 15 is 0 Å². The van der Waals surface area contributed by atoms with Crippen molar-refractivity contribution in [2.24, 2.45) is 0 Å². The maximum atomic E-state index is 11.4. The summed E-state index contributed by atoms with van der Waals surface area (Å²) in [5.74, 6) is 0. The first-order chi connectivity index (χ1) is 6.76. The van der Waals surface area contributed by atoms with Gasteiger partial charge in [-0.2, -0.15) is 11.8 Å². The molecule has 1 fully saturated rings. The summed E-state index contributed by atoms with van der Waals surface area (Å²) in [6.07, 6.45) is 10.8. The fourth-order valence-electron chi connectivity index (χ4n) is 2.23. The fourth-order valence-corrected chi connectivity index (χ4v) is 3.20. The monoisotopic (exact) mass is 212 g/mol. The van der Waals surface area contributed by atoms with Gasteiger partial charge >= 0.3 is 5.69 Å². The van der Waals surface area contributed by atoms with Crippen molar-refractivity contribution in [3.8, 4) is 0 Å². The Morgan fingerprint density at radius 2 is 2.29 bits per heavy atom. The van der Waals surface area contributed by atoms with Gasteiger partial charge in [-0.25, -0.2) is 4.79 Å². The summed E-state index contributed by atoms with van der Waals surface area (Å²) in [5.41, 5.74) is 0.0188. The second kappa shape index (κ2) is 3.85. The molecule has 3 nitrogen and oxygen atoms in total. The molecule has 0 atom stereocenters. The fraction of sp³-hybridized carbons (Fsp3) is 0.700. The Hall–Kier alpha value is -0.640. The van der Waals surface area contributed by atoms with E-state index < -0.39 is 0 Å². The van der Waals surface area contributed by atoms with Crippen molar-refractivity contribution in [1.29, 1.82) is 0 Å². The van der Waals surface area contributed by atoms with Gasteiger partial charge in [0, 0.05) is 23.7 Å². The Bertz CT molecular complexity index is 349. The minimum atomic E-state index is 0.0188. The van der Waals surface area contributed by atoms with Crippen LogP contribution < -0.4 is 5.69 Å². The third-order valence-electron chi connectivity index (χ3n) is 3.13. The Balaban J connectivity index is 2.16. The van der Waals surface area contributed by atoms with Crippen molar-refractivity contribution >= 4 is 11.8 Å². The molecular weight excluding hydrogens is 196 g/mol. The zero-order valence-corrected chi connectivity index (χ0v) is 9.27. The van der Waals surface area contributed by atoms with Gasteiger partial charge in [-0.05, 0) is 19.1 Å². The van der Waals surface area contributed by atoms with Crippen LogP contribution in [0.2, 0.25) is 0 Å². The molecule has 0 unspecified atom stereocenters. The molecule has 0 saturated heterocycles. The third-order valence-corrected chi connectivity index (χ3v) is 4.53. The number of hydrogen-bond donors (Lipinski definition) is 1. The summed E-state index contributed by atoms with van der Waals surface area (Å²) >= 11 is 1.91. The van der Waals surface area contributed by atoms with Crippen molar-refractivity contribution in [3.05, 3.63) is 22.9 Å². The molecular formula is C10H16N2OS. The number of imidazole rings is 1. The summed E-state index contributed by atoms with van der Waals surface area (Å²) in [6.45, 7) is 0.858. The molecule has 2 rings (SSSR count).